The number of aromatic nitrogens is 3. The van der Waals surface area contributed by atoms with Gasteiger partial charge in [0.2, 0.25) is 0 Å². The molecule has 7 nitrogen and oxygen atoms in total. The van der Waals surface area contributed by atoms with Gasteiger partial charge in [0.05, 0.1) is 11.3 Å². The summed E-state index contributed by atoms with van der Waals surface area (Å²) in [6.45, 7) is 4.31. The lowest BCUT2D eigenvalue weighted by atomic mass is 9.98. The second kappa shape index (κ2) is 8.04. The molecule has 0 unspecified atom stereocenters. The number of rotatable bonds is 4. The first kappa shape index (κ1) is 19.7. The fourth-order valence-corrected chi connectivity index (χ4v) is 3.48. The number of pyridine rings is 1. The number of anilines is 1. The van der Waals surface area contributed by atoms with Gasteiger partial charge in [0.25, 0.3) is 5.56 Å². The van der Waals surface area contributed by atoms with Crippen molar-refractivity contribution in [2.45, 2.75) is 13.8 Å². The highest BCUT2D eigenvalue weighted by Crippen LogP contribution is 2.34. The Kier molecular flexibility index (Phi) is 5.29. The highest BCUT2D eigenvalue weighted by molar-refractivity contribution is 6.30. The van der Waals surface area contributed by atoms with Gasteiger partial charge in [0.1, 0.15) is 5.69 Å². The van der Waals surface area contributed by atoms with E-state index in [1.54, 1.807) is 30.5 Å². The van der Waals surface area contributed by atoms with Crippen molar-refractivity contribution in [3.05, 3.63) is 75.8 Å². The predicted molar refractivity (Wildman–Crippen MR) is 119 cm³/mol. The number of carbonyl (C=O) groups is 1. The van der Waals surface area contributed by atoms with Gasteiger partial charge < -0.3 is 15.6 Å². The molecule has 2 aliphatic rings. The molecular weight excluding hydrogens is 402 g/mol. The van der Waals surface area contributed by atoms with Crippen LogP contribution < -0.4 is 16.2 Å². The molecule has 3 N–H and O–H groups in total. The van der Waals surface area contributed by atoms with E-state index in [4.69, 9.17) is 11.6 Å². The van der Waals surface area contributed by atoms with Crippen LogP contribution in [0.1, 0.15) is 12.6 Å². The van der Waals surface area contributed by atoms with Crippen LogP contribution in [0, 0.1) is 6.92 Å². The molecule has 0 spiro atoms. The molecule has 4 rings (SSSR count). The number of carbonyl (C=O) groups excluding carboxylic acids is 1. The molecule has 8 heteroatoms. The number of nitrogens with one attached hydrogen (secondary N) is 3. The number of halogens is 1. The Morgan fingerprint density at radius 1 is 1.20 bits per heavy atom. The molecule has 0 bridgehead atoms. The molecule has 2 aromatic carbocycles. The number of H-pyrrole nitrogens is 1. The van der Waals surface area contributed by atoms with Crippen molar-refractivity contribution in [3.8, 4) is 28.1 Å². The van der Waals surface area contributed by atoms with E-state index in [1.807, 2.05) is 38.1 Å². The zero-order valence-electron chi connectivity index (χ0n) is 16.5. The molecule has 2 aliphatic heterocycles. The van der Waals surface area contributed by atoms with Crippen molar-refractivity contribution in [2.75, 3.05) is 11.9 Å². The highest BCUT2D eigenvalue weighted by atomic mass is 35.5. The number of aromatic amines is 1. The summed E-state index contributed by atoms with van der Waals surface area (Å²) in [4.78, 5) is 28.0. The SMILES string of the molecule is CCNC(=O)Nc1cccc(-c2c3nn(-c4ccc(Cl)cc4)c(=O)c-3c[nH]c2C)c1. The van der Waals surface area contributed by atoms with Gasteiger partial charge in [-0.2, -0.15) is 9.78 Å². The predicted octanol–water partition coefficient (Wildman–Crippen LogP) is 4.44. The molecule has 0 saturated carbocycles. The van der Waals surface area contributed by atoms with Crippen LogP contribution in [-0.4, -0.2) is 27.3 Å². The smallest absolute Gasteiger partial charge is 0.319 e. The summed E-state index contributed by atoms with van der Waals surface area (Å²) in [7, 11) is 0. The van der Waals surface area contributed by atoms with Crippen molar-refractivity contribution in [2.24, 2.45) is 0 Å². The van der Waals surface area contributed by atoms with Gasteiger partial charge >= 0.3 is 6.03 Å². The molecule has 0 saturated heterocycles. The number of hydrogen-bond acceptors (Lipinski definition) is 3. The molecule has 2 aromatic rings. The number of nitrogens with zero attached hydrogens (tertiary/aromatic N) is 2. The Bertz CT molecular complexity index is 1240. The largest absolute Gasteiger partial charge is 0.364 e. The molecule has 0 radical (unpaired) electrons. The lowest BCUT2D eigenvalue weighted by Gasteiger charge is -2.12. The molecule has 0 atom stereocenters. The summed E-state index contributed by atoms with van der Waals surface area (Å²) in [6, 6.07) is 14.1. The molecule has 0 aromatic heterocycles. The van der Waals surface area contributed by atoms with Crippen LogP contribution in [0.3, 0.4) is 0 Å². The standard InChI is InChI=1S/C22H20ClN5O2/c1-3-24-22(30)26-16-6-4-5-14(11-16)19-13(2)25-12-18-20(19)27-28(21(18)29)17-9-7-15(23)8-10-17/h4-12,25H,3H2,1-2H3,(H2,24,26,30). The average Bonchev–Trinajstić information content (AvgIpc) is 3.05. The van der Waals surface area contributed by atoms with Crippen molar-refractivity contribution in [1.82, 2.24) is 20.1 Å². The number of amides is 2. The molecule has 0 fully saturated rings. The third kappa shape index (κ3) is 3.67. The topological polar surface area (TPSA) is 91.8 Å². The van der Waals surface area contributed by atoms with Gasteiger partial charge in [0.15, 0.2) is 0 Å². The molecule has 152 valence electrons. The van der Waals surface area contributed by atoms with E-state index in [-0.39, 0.29) is 11.6 Å². The molecule has 2 heterocycles. The van der Waals surface area contributed by atoms with Gasteiger partial charge in [-0.3, -0.25) is 4.79 Å². The molecule has 2 amide bonds. The van der Waals surface area contributed by atoms with E-state index in [9.17, 15) is 9.59 Å². The Hall–Kier alpha value is -3.58. The van der Waals surface area contributed by atoms with Crippen LogP contribution in [0.4, 0.5) is 10.5 Å². The number of fused-ring (bicyclic) bond motifs is 1. The quantitative estimate of drug-likeness (QED) is 0.455. The monoisotopic (exact) mass is 421 g/mol. The van der Waals surface area contributed by atoms with Crippen molar-refractivity contribution in [3.63, 3.8) is 0 Å². The first-order valence-corrected chi connectivity index (χ1v) is 9.88. The maximum atomic E-state index is 13.0. The van der Waals surface area contributed by atoms with Crippen molar-refractivity contribution >= 4 is 23.3 Å². The van der Waals surface area contributed by atoms with Crippen LogP contribution >= 0.6 is 11.6 Å². The number of aryl methyl sites for hydroxylation is 1. The zero-order chi connectivity index (χ0) is 21.3. The van der Waals surface area contributed by atoms with E-state index in [0.29, 0.717) is 34.2 Å². The van der Waals surface area contributed by atoms with Gasteiger partial charge in [0, 0.05) is 34.7 Å². The van der Waals surface area contributed by atoms with E-state index in [0.717, 1.165) is 16.8 Å². The third-order valence-electron chi connectivity index (χ3n) is 4.74. The molecule has 30 heavy (non-hydrogen) atoms. The summed E-state index contributed by atoms with van der Waals surface area (Å²) in [5, 5.41) is 10.7. The summed E-state index contributed by atoms with van der Waals surface area (Å²) in [6.07, 6.45) is 1.67. The van der Waals surface area contributed by atoms with Gasteiger partial charge in [-0.15, -0.1) is 0 Å². The lowest BCUT2D eigenvalue weighted by Crippen LogP contribution is -2.28. The van der Waals surface area contributed by atoms with E-state index in [2.05, 4.69) is 20.7 Å². The fourth-order valence-electron chi connectivity index (χ4n) is 3.36. The minimum Gasteiger partial charge on any atom is -0.364 e. The number of benzene rings is 2. The zero-order valence-corrected chi connectivity index (χ0v) is 17.2. The van der Waals surface area contributed by atoms with Gasteiger partial charge in [-0.25, -0.2) is 4.79 Å². The normalized spacial score (nSPS) is 10.9. The Morgan fingerprint density at radius 2 is 1.97 bits per heavy atom. The van der Waals surface area contributed by atoms with E-state index in [1.165, 1.54) is 4.68 Å². The third-order valence-corrected chi connectivity index (χ3v) is 4.99. The van der Waals surface area contributed by atoms with Crippen LogP contribution in [0.5, 0.6) is 0 Å². The van der Waals surface area contributed by atoms with Crippen LogP contribution in [0.25, 0.3) is 28.1 Å². The first-order chi connectivity index (χ1) is 14.5. The summed E-state index contributed by atoms with van der Waals surface area (Å²) >= 11 is 5.97. The second-order valence-electron chi connectivity index (χ2n) is 6.81. The number of urea groups is 1. The Labute approximate surface area is 178 Å². The maximum absolute atomic E-state index is 13.0. The first-order valence-electron chi connectivity index (χ1n) is 9.50. The average molecular weight is 422 g/mol. The minimum atomic E-state index is -0.273. The van der Waals surface area contributed by atoms with Crippen molar-refractivity contribution < 1.29 is 4.79 Å². The summed E-state index contributed by atoms with van der Waals surface area (Å²) in [5.41, 5.74) is 4.63. The van der Waals surface area contributed by atoms with Gasteiger partial charge in [-0.05, 0) is 55.8 Å². The van der Waals surface area contributed by atoms with Crippen molar-refractivity contribution in [1.29, 1.82) is 0 Å². The molecular formula is C22H20ClN5O2. The molecule has 0 aliphatic carbocycles. The maximum Gasteiger partial charge on any atom is 0.319 e. The fraction of sp³-hybridized carbons (Fsp3) is 0.136. The van der Waals surface area contributed by atoms with Gasteiger partial charge in [-0.1, -0.05) is 23.7 Å². The van der Waals surface area contributed by atoms with E-state index >= 15 is 0 Å². The van der Waals surface area contributed by atoms with E-state index < -0.39 is 0 Å². The second-order valence-corrected chi connectivity index (χ2v) is 7.25. The highest BCUT2D eigenvalue weighted by Gasteiger charge is 2.22. The van der Waals surface area contributed by atoms with Crippen LogP contribution in [0.2, 0.25) is 5.02 Å². The lowest BCUT2D eigenvalue weighted by molar-refractivity contribution is 0.252. The minimum absolute atomic E-state index is 0.221. The van der Waals surface area contributed by atoms with Crippen LogP contribution in [-0.2, 0) is 0 Å². The summed E-state index contributed by atoms with van der Waals surface area (Å²) < 4.78 is 1.37. The summed E-state index contributed by atoms with van der Waals surface area (Å²) in [5.74, 6) is 0. The number of hydrogen-bond donors (Lipinski definition) is 3. The Morgan fingerprint density at radius 3 is 2.70 bits per heavy atom. The Balaban J connectivity index is 1.83. The van der Waals surface area contributed by atoms with Crippen LogP contribution in [0.15, 0.2) is 59.5 Å².